The van der Waals surface area contributed by atoms with Crippen molar-refractivity contribution in [1.82, 2.24) is 5.32 Å². The number of rotatable bonds is 7. The molecule has 0 saturated heterocycles. The SMILES string of the molecule is NC(CCNCc1ccc(-c2ccccc2)cc1)c1ccc(F)cc1. The summed E-state index contributed by atoms with van der Waals surface area (Å²) < 4.78 is 12.9. The topological polar surface area (TPSA) is 38.0 Å². The summed E-state index contributed by atoms with van der Waals surface area (Å²) in [5.74, 6) is -0.229. The van der Waals surface area contributed by atoms with Crippen LogP contribution in [0.2, 0.25) is 0 Å². The molecule has 3 aromatic rings. The Morgan fingerprint density at radius 3 is 2.12 bits per heavy atom. The zero-order valence-electron chi connectivity index (χ0n) is 14.2. The number of hydrogen-bond acceptors (Lipinski definition) is 2. The molecule has 0 spiro atoms. The molecule has 3 rings (SSSR count). The van der Waals surface area contributed by atoms with Crippen molar-refractivity contribution in [2.45, 2.75) is 19.0 Å². The molecule has 0 aliphatic heterocycles. The average molecular weight is 334 g/mol. The highest BCUT2D eigenvalue weighted by molar-refractivity contribution is 5.63. The predicted octanol–water partition coefficient (Wildman–Crippen LogP) is 4.67. The number of hydrogen-bond donors (Lipinski definition) is 2. The fourth-order valence-electron chi connectivity index (χ4n) is 2.81. The van der Waals surface area contributed by atoms with Gasteiger partial charge in [-0.2, -0.15) is 0 Å². The molecule has 25 heavy (non-hydrogen) atoms. The molecule has 0 fully saturated rings. The third kappa shape index (κ3) is 4.99. The molecule has 0 bridgehead atoms. The molecule has 1 atom stereocenters. The van der Waals surface area contributed by atoms with E-state index in [2.05, 4.69) is 53.8 Å². The van der Waals surface area contributed by atoms with Crippen LogP contribution >= 0.6 is 0 Å². The summed E-state index contributed by atoms with van der Waals surface area (Å²) in [5, 5.41) is 3.42. The molecule has 3 heteroatoms. The number of nitrogens with one attached hydrogen (secondary N) is 1. The highest BCUT2D eigenvalue weighted by Gasteiger charge is 2.05. The van der Waals surface area contributed by atoms with Crippen LogP contribution in [0.3, 0.4) is 0 Å². The Hall–Kier alpha value is -2.49. The van der Waals surface area contributed by atoms with Crippen LogP contribution in [-0.2, 0) is 6.54 Å². The molecule has 0 aliphatic rings. The average Bonchev–Trinajstić information content (AvgIpc) is 2.67. The lowest BCUT2D eigenvalue weighted by atomic mass is 10.0. The largest absolute Gasteiger partial charge is 0.324 e. The van der Waals surface area contributed by atoms with E-state index in [4.69, 9.17) is 5.73 Å². The smallest absolute Gasteiger partial charge is 0.123 e. The Morgan fingerprint density at radius 1 is 0.800 bits per heavy atom. The van der Waals surface area contributed by atoms with E-state index in [1.54, 1.807) is 12.1 Å². The van der Waals surface area contributed by atoms with E-state index < -0.39 is 0 Å². The fraction of sp³-hybridized carbons (Fsp3) is 0.182. The number of nitrogens with two attached hydrogens (primary N) is 1. The highest BCUT2D eigenvalue weighted by atomic mass is 19.1. The van der Waals surface area contributed by atoms with Gasteiger partial charge in [-0.25, -0.2) is 4.39 Å². The molecule has 1 unspecified atom stereocenters. The number of benzene rings is 3. The molecule has 3 N–H and O–H groups in total. The first-order valence-corrected chi connectivity index (χ1v) is 8.58. The van der Waals surface area contributed by atoms with E-state index in [1.807, 2.05) is 6.07 Å². The monoisotopic (exact) mass is 334 g/mol. The van der Waals surface area contributed by atoms with Crippen LogP contribution in [0.4, 0.5) is 4.39 Å². The van der Waals surface area contributed by atoms with E-state index in [0.29, 0.717) is 0 Å². The second-order valence-corrected chi connectivity index (χ2v) is 6.19. The van der Waals surface area contributed by atoms with Crippen LogP contribution in [0.5, 0.6) is 0 Å². The van der Waals surface area contributed by atoms with Crippen LogP contribution in [0, 0.1) is 5.82 Å². The van der Waals surface area contributed by atoms with Crippen LogP contribution < -0.4 is 11.1 Å². The first kappa shape index (κ1) is 17.3. The van der Waals surface area contributed by atoms with Gasteiger partial charge >= 0.3 is 0 Å². The summed E-state index contributed by atoms with van der Waals surface area (Å²) in [7, 11) is 0. The summed E-state index contributed by atoms with van der Waals surface area (Å²) in [5.41, 5.74) is 10.8. The van der Waals surface area contributed by atoms with Crippen molar-refractivity contribution in [3.63, 3.8) is 0 Å². The highest BCUT2D eigenvalue weighted by Crippen LogP contribution is 2.19. The first-order chi connectivity index (χ1) is 12.2. The molecule has 0 aliphatic carbocycles. The maximum Gasteiger partial charge on any atom is 0.123 e. The molecular formula is C22H23FN2. The Balaban J connectivity index is 1.45. The molecule has 3 aromatic carbocycles. The molecule has 0 heterocycles. The third-order valence-corrected chi connectivity index (χ3v) is 4.32. The minimum absolute atomic E-state index is 0.0754. The van der Waals surface area contributed by atoms with Crippen molar-refractivity contribution in [3.05, 3.63) is 95.8 Å². The van der Waals surface area contributed by atoms with E-state index in [-0.39, 0.29) is 11.9 Å². The predicted molar refractivity (Wildman–Crippen MR) is 102 cm³/mol. The van der Waals surface area contributed by atoms with Gasteiger partial charge in [-0.3, -0.25) is 0 Å². The Kier molecular flexibility index (Phi) is 5.94. The maximum absolute atomic E-state index is 12.9. The summed E-state index contributed by atoms with van der Waals surface area (Å²) in [6.07, 6.45) is 0.813. The minimum atomic E-state index is -0.229. The van der Waals surface area contributed by atoms with E-state index in [9.17, 15) is 4.39 Å². The third-order valence-electron chi connectivity index (χ3n) is 4.32. The van der Waals surface area contributed by atoms with Gasteiger partial charge in [0.05, 0.1) is 0 Å². The van der Waals surface area contributed by atoms with Gasteiger partial charge in [0.2, 0.25) is 0 Å². The molecule has 0 aromatic heterocycles. The molecule has 0 saturated carbocycles. The molecule has 2 nitrogen and oxygen atoms in total. The molecule has 0 amide bonds. The van der Waals surface area contributed by atoms with Gasteiger partial charge in [0.25, 0.3) is 0 Å². The van der Waals surface area contributed by atoms with Gasteiger partial charge < -0.3 is 11.1 Å². The van der Waals surface area contributed by atoms with E-state index in [1.165, 1.54) is 28.8 Å². The minimum Gasteiger partial charge on any atom is -0.324 e. The fourth-order valence-corrected chi connectivity index (χ4v) is 2.81. The summed E-state index contributed by atoms with van der Waals surface area (Å²) in [6, 6.07) is 25.3. The molecular weight excluding hydrogens is 311 g/mol. The van der Waals surface area contributed by atoms with Crippen LogP contribution in [-0.4, -0.2) is 6.54 Å². The van der Waals surface area contributed by atoms with Gasteiger partial charge in [0, 0.05) is 12.6 Å². The molecule has 128 valence electrons. The van der Waals surface area contributed by atoms with Crippen molar-refractivity contribution in [2.24, 2.45) is 5.73 Å². The van der Waals surface area contributed by atoms with Gasteiger partial charge in [-0.05, 0) is 47.4 Å². The van der Waals surface area contributed by atoms with Gasteiger partial charge in [0.15, 0.2) is 0 Å². The number of halogens is 1. The lowest BCUT2D eigenvalue weighted by molar-refractivity contribution is 0.577. The normalized spacial score (nSPS) is 12.1. The van der Waals surface area contributed by atoms with Crippen molar-refractivity contribution in [1.29, 1.82) is 0 Å². The maximum atomic E-state index is 12.9. The van der Waals surface area contributed by atoms with Crippen LogP contribution in [0.15, 0.2) is 78.9 Å². The molecule has 0 radical (unpaired) electrons. The van der Waals surface area contributed by atoms with Gasteiger partial charge in [-0.15, -0.1) is 0 Å². The van der Waals surface area contributed by atoms with E-state index in [0.717, 1.165) is 25.1 Å². The summed E-state index contributed by atoms with van der Waals surface area (Å²) in [6.45, 7) is 1.63. The van der Waals surface area contributed by atoms with Crippen molar-refractivity contribution < 1.29 is 4.39 Å². The second-order valence-electron chi connectivity index (χ2n) is 6.19. The Morgan fingerprint density at radius 2 is 1.44 bits per heavy atom. The lowest BCUT2D eigenvalue weighted by Crippen LogP contribution is -2.20. The van der Waals surface area contributed by atoms with Gasteiger partial charge in [0.1, 0.15) is 5.82 Å². The second kappa shape index (κ2) is 8.56. The first-order valence-electron chi connectivity index (χ1n) is 8.58. The standard InChI is InChI=1S/C22H23FN2/c23-21-12-10-20(11-13-21)22(24)14-15-25-16-17-6-8-19(9-7-17)18-4-2-1-3-5-18/h1-13,22,25H,14-16,24H2. The summed E-state index contributed by atoms with van der Waals surface area (Å²) in [4.78, 5) is 0. The van der Waals surface area contributed by atoms with Crippen molar-refractivity contribution >= 4 is 0 Å². The lowest BCUT2D eigenvalue weighted by Gasteiger charge is -2.13. The van der Waals surface area contributed by atoms with E-state index >= 15 is 0 Å². The van der Waals surface area contributed by atoms with Gasteiger partial charge in [-0.1, -0.05) is 66.7 Å². The zero-order valence-corrected chi connectivity index (χ0v) is 14.2. The van der Waals surface area contributed by atoms with Crippen LogP contribution in [0.1, 0.15) is 23.6 Å². The van der Waals surface area contributed by atoms with Crippen molar-refractivity contribution in [2.75, 3.05) is 6.54 Å². The zero-order chi connectivity index (χ0) is 17.5. The Bertz CT molecular complexity index is 767. The van der Waals surface area contributed by atoms with Crippen molar-refractivity contribution in [3.8, 4) is 11.1 Å². The quantitative estimate of drug-likeness (QED) is 0.616. The Labute approximate surface area is 148 Å². The summed E-state index contributed by atoms with van der Waals surface area (Å²) >= 11 is 0. The van der Waals surface area contributed by atoms with Crippen LogP contribution in [0.25, 0.3) is 11.1 Å².